The Bertz CT molecular complexity index is 1950. The van der Waals surface area contributed by atoms with Gasteiger partial charge in [-0.05, 0) is 99.6 Å². The molecule has 2 heterocycles. The first-order valence-electron chi connectivity index (χ1n) is 12.8. The molecule has 0 amide bonds. The van der Waals surface area contributed by atoms with Gasteiger partial charge in [-0.3, -0.25) is 9.36 Å². The Morgan fingerprint density at radius 2 is 1.75 bits per heavy atom. The van der Waals surface area contributed by atoms with Gasteiger partial charge in [-0.15, -0.1) is 0 Å². The van der Waals surface area contributed by atoms with Gasteiger partial charge < -0.3 is 9.47 Å². The molecule has 0 N–H and O–H groups in total. The van der Waals surface area contributed by atoms with Crippen molar-refractivity contribution >= 4 is 91.8 Å². The van der Waals surface area contributed by atoms with Crippen LogP contribution >= 0.6 is 79.7 Å². The lowest BCUT2D eigenvalue weighted by Gasteiger charge is -2.26. The van der Waals surface area contributed by atoms with E-state index in [0.29, 0.717) is 21.4 Å². The molecule has 1 aliphatic heterocycles. The number of alkyl halides is 3. The van der Waals surface area contributed by atoms with Gasteiger partial charge >= 0.3 is 12.1 Å². The van der Waals surface area contributed by atoms with Gasteiger partial charge in [0.15, 0.2) is 10.5 Å². The first kappa shape index (κ1) is 33.0. The highest BCUT2D eigenvalue weighted by Gasteiger charge is 2.45. The number of halogens is 7. The number of ether oxygens (including phenoxy) is 2. The van der Waals surface area contributed by atoms with Crippen molar-refractivity contribution in [3.05, 3.63) is 125 Å². The lowest BCUT2D eigenvalue weighted by Crippen LogP contribution is -2.41. The van der Waals surface area contributed by atoms with Crippen molar-refractivity contribution < 1.29 is 27.4 Å². The molecule has 4 aromatic rings. The first-order valence-corrected chi connectivity index (χ1v) is 16.5. The van der Waals surface area contributed by atoms with Gasteiger partial charge in [-0.2, -0.15) is 13.2 Å². The van der Waals surface area contributed by atoms with E-state index < -0.39 is 35.0 Å². The number of fused-ring (bicyclic) bond motifs is 1. The van der Waals surface area contributed by atoms with Crippen LogP contribution in [0.4, 0.5) is 13.2 Å². The van der Waals surface area contributed by atoms with Gasteiger partial charge in [-0.25, -0.2) is 9.79 Å². The fourth-order valence-corrected chi connectivity index (χ4v) is 7.96. The molecule has 0 bridgehead atoms. The molecule has 0 fully saturated rings. The van der Waals surface area contributed by atoms with Crippen LogP contribution in [0.25, 0.3) is 6.08 Å². The Hall–Kier alpha value is -2.40. The summed E-state index contributed by atoms with van der Waals surface area (Å²) < 4.78 is 56.7. The summed E-state index contributed by atoms with van der Waals surface area (Å²) in [6.07, 6.45) is -3.42. The molecule has 0 unspecified atom stereocenters. The zero-order valence-corrected chi connectivity index (χ0v) is 29.1. The van der Waals surface area contributed by atoms with Crippen LogP contribution < -0.4 is 19.6 Å². The molecule has 44 heavy (non-hydrogen) atoms. The summed E-state index contributed by atoms with van der Waals surface area (Å²) in [5, 5.41) is 0.920. The summed E-state index contributed by atoms with van der Waals surface area (Å²) >= 11 is 17.3. The van der Waals surface area contributed by atoms with E-state index in [4.69, 9.17) is 32.7 Å². The largest absolute Gasteiger partial charge is 0.487 e. The van der Waals surface area contributed by atoms with Crippen LogP contribution in [-0.4, -0.2) is 23.3 Å². The van der Waals surface area contributed by atoms with Crippen LogP contribution in [0.3, 0.4) is 0 Å². The van der Waals surface area contributed by atoms with E-state index in [0.717, 1.165) is 28.6 Å². The number of benzene rings is 3. The number of allylic oxidation sites excluding steroid dienone is 1. The molecule has 0 spiro atoms. The molecule has 1 atom stereocenters. The van der Waals surface area contributed by atoms with E-state index in [1.165, 1.54) is 31.2 Å². The minimum absolute atomic E-state index is 0.130. The van der Waals surface area contributed by atoms with Gasteiger partial charge in [-0.1, -0.05) is 64.9 Å². The van der Waals surface area contributed by atoms with Crippen LogP contribution in [-0.2, 0) is 16.1 Å². The summed E-state index contributed by atoms with van der Waals surface area (Å²) in [5.41, 5.74) is -1.11. The number of carbonyl (C=O) groups is 1. The molecule has 5 rings (SSSR count). The van der Waals surface area contributed by atoms with Gasteiger partial charge in [0.2, 0.25) is 0 Å². The third kappa shape index (κ3) is 6.88. The summed E-state index contributed by atoms with van der Waals surface area (Å²) in [5.74, 6) is -0.587. The van der Waals surface area contributed by atoms with Crippen molar-refractivity contribution in [3.63, 3.8) is 0 Å². The van der Waals surface area contributed by atoms with Gasteiger partial charge in [0.25, 0.3) is 5.56 Å². The fourth-order valence-electron chi connectivity index (χ4n) is 4.52. The highest BCUT2D eigenvalue weighted by molar-refractivity contribution is 14.1. The average molecular weight is 885 g/mol. The topological polar surface area (TPSA) is 69.9 Å². The van der Waals surface area contributed by atoms with Crippen molar-refractivity contribution in [1.29, 1.82) is 0 Å². The summed E-state index contributed by atoms with van der Waals surface area (Å²) in [7, 11) is 0. The van der Waals surface area contributed by atoms with Crippen molar-refractivity contribution in [2.24, 2.45) is 4.99 Å². The SMILES string of the molecule is CCOC(=O)C1=C(C(F)(F)F)N=c2s/c(=C\c3cc(I)c(OCc4ccccc4Cl)c(I)c3)c(=O)n2[C@@H]1c1ccc(Cl)cc1. The maximum Gasteiger partial charge on any atom is 0.434 e. The highest BCUT2D eigenvalue weighted by atomic mass is 127. The van der Waals surface area contributed by atoms with Crippen LogP contribution in [0, 0.1) is 7.14 Å². The molecule has 3 aromatic carbocycles. The monoisotopic (exact) mass is 884 g/mol. The second kappa shape index (κ2) is 13.5. The Labute approximate surface area is 290 Å². The number of carbonyl (C=O) groups excluding carboxylic acids is 1. The number of hydrogen-bond acceptors (Lipinski definition) is 6. The van der Waals surface area contributed by atoms with Gasteiger partial charge in [0, 0.05) is 15.6 Å². The van der Waals surface area contributed by atoms with E-state index in [-0.39, 0.29) is 28.1 Å². The van der Waals surface area contributed by atoms with E-state index in [9.17, 15) is 22.8 Å². The van der Waals surface area contributed by atoms with E-state index >= 15 is 0 Å². The summed E-state index contributed by atoms with van der Waals surface area (Å²) in [6.45, 7) is 1.56. The molecular weight excluding hydrogens is 866 g/mol. The quantitative estimate of drug-likeness (QED) is 0.143. The van der Waals surface area contributed by atoms with Crippen LogP contribution in [0.15, 0.2) is 81.7 Å². The maximum atomic E-state index is 14.3. The Morgan fingerprint density at radius 1 is 1.09 bits per heavy atom. The maximum absolute atomic E-state index is 14.3. The summed E-state index contributed by atoms with van der Waals surface area (Å²) in [4.78, 5) is 30.4. The van der Waals surface area contributed by atoms with E-state index in [2.05, 4.69) is 50.2 Å². The van der Waals surface area contributed by atoms with Crippen molar-refractivity contribution in [1.82, 2.24) is 4.57 Å². The highest BCUT2D eigenvalue weighted by Crippen LogP contribution is 2.38. The number of esters is 1. The van der Waals surface area contributed by atoms with Crippen molar-refractivity contribution in [2.45, 2.75) is 25.7 Å². The Morgan fingerprint density at radius 3 is 2.36 bits per heavy atom. The van der Waals surface area contributed by atoms with E-state index in [1.54, 1.807) is 24.3 Å². The molecule has 0 aliphatic carbocycles. The predicted octanol–water partition coefficient (Wildman–Crippen LogP) is 7.44. The molecule has 0 saturated carbocycles. The zero-order chi connectivity index (χ0) is 31.8. The fraction of sp³-hybridized carbons (Fsp3) is 0.167. The number of rotatable bonds is 7. The molecule has 1 aliphatic rings. The van der Waals surface area contributed by atoms with Gasteiger partial charge in [0.05, 0.1) is 29.9 Å². The molecule has 6 nitrogen and oxygen atoms in total. The number of nitrogens with zero attached hydrogens (tertiary/aromatic N) is 2. The minimum Gasteiger partial charge on any atom is -0.487 e. The second-order valence-corrected chi connectivity index (χ2v) is 13.5. The third-order valence-electron chi connectivity index (χ3n) is 6.43. The number of hydrogen-bond donors (Lipinski definition) is 0. The van der Waals surface area contributed by atoms with Crippen molar-refractivity contribution in [3.8, 4) is 5.75 Å². The minimum atomic E-state index is -4.99. The number of aromatic nitrogens is 1. The molecule has 1 aromatic heterocycles. The summed E-state index contributed by atoms with van der Waals surface area (Å²) in [6, 6.07) is 15.4. The van der Waals surface area contributed by atoms with Crippen LogP contribution in [0.5, 0.6) is 5.75 Å². The lowest BCUT2D eigenvalue weighted by molar-refractivity contribution is -0.140. The van der Waals surface area contributed by atoms with Gasteiger partial charge in [0.1, 0.15) is 12.4 Å². The standard InChI is InChI=1S/C30H19Cl2F3I2N2O4S/c1-2-42-28(41)23-24(16-7-9-18(31)10-8-16)39-27(40)22(44-29(39)38-26(23)30(33,34)35)13-15-11-20(36)25(21(37)12-15)43-14-17-5-3-4-6-19(17)32/h3-13,24H,2,14H2,1H3/b22-13-/t24-/m1/s1. The predicted molar refractivity (Wildman–Crippen MR) is 180 cm³/mol. The Kier molecular flexibility index (Phi) is 10.1. The molecule has 0 saturated heterocycles. The first-order chi connectivity index (χ1) is 20.9. The molecular formula is C30H19Cl2F3I2N2O4S. The second-order valence-electron chi connectivity index (χ2n) is 9.31. The number of thiazole rings is 1. The molecule has 0 radical (unpaired) electrons. The van der Waals surface area contributed by atoms with Crippen LogP contribution in [0.1, 0.15) is 29.7 Å². The third-order valence-corrected chi connectivity index (χ3v) is 9.64. The zero-order valence-electron chi connectivity index (χ0n) is 22.4. The van der Waals surface area contributed by atoms with Crippen molar-refractivity contribution in [2.75, 3.05) is 6.61 Å². The van der Waals surface area contributed by atoms with E-state index in [1.807, 2.05) is 18.2 Å². The van der Waals surface area contributed by atoms with Crippen LogP contribution in [0.2, 0.25) is 10.0 Å². The molecule has 14 heteroatoms. The average Bonchev–Trinajstić information content (AvgIpc) is 3.27. The smallest absolute Gasteiger partial charge is 0.434 e. The molecule has 228 valence electrons. The normalized spacial score (nSPS) is 15.2. The Balaban J connectivity index is 1.63. The lowest BCUT2D eigenvalue weighted by atomic mass is 9.95.